The van der Waals surface area contributed by atoms with Crippen molar-refractivity contribution in [2.45, 2.75) is 106 Å². The fraction of sp³-hybridized carbons (Fsp3) is 0.647. The highest BCUT2D eigenvalue weighted by Crippen LogP contribution is 2.27. The van der Waals surface area contributed by atoms with E-state index in [1.807, 2.05) is 59.8 Å². The Hall–Kier alpha value is -2.32. The van der Waals surface area contributed by atoms with Gasteiger partial charge in [0, 0.05) is 36.4 Å². The van der Waals surface area contributed by atoms with Gasteiger partial charge in [-0.2, -0.15) is 0 Å². The smallest absolute Gasteiger partial charge is 0.334 e. The summed E-state index contributed by atoms with van der Waals surface area (Å²) in [5.41, 5.74) is 2.28. The summed E-state index contributed by atoms with van der Waals surface area (Å²) in [5, 5.41) is 32.1. The van der Waals surface area contributed by atoms with Crippen LogP contribution in [-0.2, 0) is 19.1 Å². The molecular formula is C34H54O7. The molecule has 0 fully saturated rings. The van der Waals surface area contributed by atoms with Crippen molar-refractivity contribution < 1.29 is 34.4 Å². The molecule has 7 nitrogen and oxygen atoms in total. The Bertz CT molecular complexity index is 1000. The molecule has 1 rings (SSSR count). The average molecular weight is 575 g/mol. The van der Waals surface area contributed by atoms with Gasteiger partial charge in [-0.05, 0) is 51.7 Å². The highest BCUT2D eigenvalue weighted by Gasteiger charge is 2.37. The molecule has 0 aliphatic carbocycles. The van der Waals surface area contributed by atoms with E-state index in [1.54, 1.807) is 39.0 Å². The molecule has 0 radical (unpaired) electrons. The van der Waals surface area contributed by atoms with E-state index in [0.717, 1.165) is 11.1 Å². The van der Waals surface area contributed by atoms with Crippen molar-refractivity contribution in [1.82, 2.24) is 0 Å². The minimum Gasteiger partial charge on any atom is -0.456 e. The van der Waals surface area contributed by atoms with Gasteiger partial charge in [0.2, 0.25) is 0 Å². The fourth-order valence-corrected chi connectivity index (χ4v) is 5.23. The first-order valence-corrected chi connectivity index (χ1v) is 14.8. The number of rotatable bonds is 9. The van der Waals surface area contributed by atoms with Crippen LogP contribution in [0.3, 0.4) is 0 Å². The van der Waals surface area contributed by atoms with Gasteiger partial charge in [0.15, 0.2) is 5.78 Å². The van der Waals surface area contributed by atoms with Crippen LogP contribution in [0.2, 0.25) is 0 Å². The van der Waals surface area contributed by atoms with E-state index in [9.17, 15) is 24.9 Å². The lowest BCUT2D eigenvalue weighted by molar-refractivity contribution is -0.158. The van der Waals surface area contributed by atoms with Gasteiger partial charge in [0.05, 0.1) is 18.3 Å². The van der Waals surface area contributed by atoms with Gasteiger partial charge in [-0.1, -0.05) is 83.1 Å². The van der Waals surface area contributed by atoms with E-state index >= 15 is 0 Å². The number of ether oxygens (including phenoxy) is 2. The van der Waals surface area contributed by atoms with Crippen molar-refractivity contribution in [3.05, 3.63) is 59.3 Å². The second kappa shape index (κ2) is 17.6. The molecule has 1 aliphatic rings. The fourth-order valence-electron chi connectivity index (χ4n) is 5.23. The number of cyclic esters (lactones) is 1. The number of methoxy groups -OCH3 is 1. The number of ketones is 1. The van der Waals surface area contributed by atoms with Crippen LogP contribution in [0.15, 0.2) is 59.3 Å². The molecule has 10 atom stereocenters. The monoisotopic (exact) mass is 574 g/mol. The summed E-state index contributed by atoms with van der Waals surface area (Å²) in [6.07, 6.45) is 9.82. The Kier molecular flexibility index (Phi) is 15.8. The summed E-state index contributed by atoms with van der Waals surface area (Å²) in [7, 11) is 1.51. The van der Waals surface area contributed by atoms with E-state index in [0.29, 0.717) is 18.4 Å². The molecule has 1 aliphatic heterocycles. The number of aliphatic hydroxyl groups is 3. The maximum absolute atomic E-state index is 13.2. The van der Waals surface area contributed by atoms with Crippen LogP contribution in [0.1, 0.15) is 75.2 Å². The third-order valence-corrected chi connectivity index (χ3v) is 8.19. The number of hydrogen-bond donors (Lipinski definition) is 3. The summed E-state index contributed by atoms with van der Waals surface area (Å²) in [5.74, 6) is -2.52. The molecule has 0 amide bonds. The second-order valence-corrected chi connectivity index (χ2v) is 12.0. The number of hydrogen-bond acceptors (Lipinski definition) is 7. The number of carbonyl (C=O) groups is 2. The minimum atomic E-state index is -1.13. The van der Waals surface area contributed by atoms with Crippen molar-refractivity contribution in [1.29, 1.82) is 0 Å². The summed E-state index contributed by atoms with van der Waals surface area (Å²) < 4.78 is 11.7. The number of aliphatic hydroxyl groups excluding tert-OH is 3. The van der Waals surface area contributed by atoms with Gasteiger partial charge >= 0.3 is 5.97 Å². The first-order valence-electron chi connectivity index (χ1n) is 14.8. The molecule has 0 bridgehead atoms. The molecule has 7 heteroatoms. The Morgan fingerprint density at radius 1 is 1.17 bits per heavy atom. The molecule has 0 saturated heterocycles. The first-order chi connectivity index (χ1) is 19.1. The van der Waals surface area contributed by atoms with Crippen molar-refractivity contribution in [3.8, 4) is 0 Å². The summed E-state index contributed by atoms with van der Waals surface area (Å²) in [6, 6.07) is 0. The molecule has 0 aromatic rings. The zero-order chi connectivity index (χ0) is 31.4. The highest BCUT2D eigenvalue weighted by molar-refractivity contribution is 5.92. The van der Waals surface area contributed by atoms with Crippen LogP contribution in [0.25, 0.3) is 0 Å². The summed E-state index contributed by atoms with van der Waals surface area (Å²) >= 11 is 0. The van der Waals surface area contributed by atoms with Gasteiger partial charge in [-0.25, -0.2) is 4.79 Å². The SMILES string of the molecule is CC[C@H](O)[C@@H](C)/C=C/C(=O)[C@H](C)[C@H](O)[C@H](C)[C@H]1OC(=O)/C(C)=C\C(C)=C\[C@H](C)[C@@H](O)[C@H](C)C/C(C)=C/C=C/[C@@H]1OC. The normalized spacial score (nSPS) is 33.6. The molecule has 0 aromatic carbocycles. The average Bonchev–Trinajstić information content (AvgIpc) is 2.93. The van der Waals surface area contributed by atoms with Crippen molar-refractivity contribution in [2.24, 2.45) is 29.6 Å². The van der Waals surface area contributed by atoms with E-state index in [2.05, 4.69) is 0 Å². The Labute approximate surface area is 247 Å². The summed E-state index contributed by atoms with van der Waals surface area (Å²) in [4.78, 5) is 26.2. The van der Waals surface area contributed by atoms with Crippen LogP contribution < -0.4 is 0 Å². The van der Waals surface area contributed by atoms with Gasteiger partial charge in [-0.15, -0.1) is 0 Å². The Morgan fingerprint density at radius 2 is 1.80 bits per heavy atom. The minimum absolute atomic E-state index is 0.0316. The molecule has 0 aromatic heterocycles. The predicted molar refractivity (Wildman–Crippen MR) is 164 cm³/mol. The number of carbonyl (C=O) groups excluding carboxylic acids is 2. The topological polar surface area (TPSA) is 113 Å². The van der Waals surface area contributed by atoms with Crippen LogP contribution in [0, 0.1) is 29.6 Å². The van der Waals surface area contributed by atoms with Gasteiger partial charge in [-0.3, -0.25) is 4.79 Å². The van der Waals surface area contributed by atoms with Crippen LogP contribution in [0.5, 0.6) is 0 Å². The number of esters is 1. The van der Waals surface area contributed by atoms with Gasteiger partial charge in [0.25, 0.3) is 0 Å². The lowest BCUT2D eigenvalue weighted by Gasteiger charge is -2.33. The maximum Gasteiger partial charge on any atom is 0.334 e. The van der Waals surface area contributed by atoms with Gasteiger partial charge in [0.1, 0.15) is 12.2 Å². The standard InChI is InChI=1S/C34H54O7/c1-11-28(35)22(4)15-16-29(36)26(8)32(38)27(9)33-30(40-10)14-12-13-20(2)17-23(5)31(37)24(6)18-21(3)19-25(7)34(39)41-33/h12-16,18-19,22-24,26-28,30-33,35,37-38H,11,17H2,1-10H3/b14-12+,16-15+,20-13+,21-18+,25-19-/t22-,23+,24-,26-,27-,28-,30-,31-,32-,33+/m0/s1. The predicted octanol–water partition coefficient (Wildman–Crippen LogP) is 5.51. The molecule has 0 saturated carbocycles. The molecular weight excluding hydrogens is 520 g/mol. The summed E-state index contributed by atoms with van der Waals surface area (Å²) in [6.45, 7) is 16.6. The molecule has 232 valence electrons. The Morgan fingerprint density at radius 3 is 2.39 bits per heavy atom. The maximum atomic E-state index is 13.2. The third-order valence-electron chi connectivity index (χ3n) is 8.19. The first kappa shape index (κ1) is 36.7. The van der Waals surface area contributed by atoms with Crippen LogP contribution in [0.4, 0.5) is 0 Å². The van der Waals surface area contributed by atoms with E-state index in [-0.39, 0.29) is 23.5 Å². The quantitative estimate of drug-likeness (QED) is 0.246. The van der Waals surface area contributed by atoms with Crippen molar-refractivity contribution in [2.75, 3.05) is 7.11 Å². The molecule has 41 heavy (non-hydrogen) atoms. The third kappa shape index (κ3) is 11.5. The molecule has 3 N–H and O–H groups in total. The molecule has 0 unspecified atom stereocenters. The van der Waals surface area contributed by atoms with Crippen molar-refractivity contribution in [3.63, 3.8) is 0 Å². The zero-order valence-electron chi connectivity index (χ0n) is 26.7. The lowest BCUT2D eigenvalue weighted by atomic mass is 9.84. The van der Waals surface area contributed by atoms with E-state index < -0.39 is 48.3 Å². The van der Waals surface area contributed by atoms with Gasteiger partial charge < -0.3 is 24.8 Å². The zero-order valence-corrected chi connectivity index (χ0v) is 26.7. The van der Waals surface area contributed by atoms with Crippen LogP contribution >= 0.6 is 0 Å². The largest absolute Gasteiger partial charge is 0.456 e. The lowest BCUT2D eigenvalue weighted by Crippen LogP contribution is -2.45. The number of allylic oxidation sites excluding steroid dienone is 6. The van der Waals surface area contributed by atoms with E-state index in [4.69, 9.17) is 9.47 Å². The van der Waals surface area contributed by atoms with Crippen LogP contribution in [-0.4, -0.2) is 64.7 Å². The Balaban J connectivity index is 3.41. The van der Waals surface area contributed by atoms with E-state index in [1.165, 1.54) is 13.2 Å². The second-order valence-electron chi connectivity index (χ2n) is 12.0. The molecule has 0 spiro atoms. The highest BCUT2D eigenvalue weighted by atomic mass is 16.6. The molecule has 1 heterocycles. The van der Waals surface area contributed by atoms with Crippen molar-refractivity contribution >= 4 is 11.8 Å².